The third kappa shape index (κ3) is 3.78. The van der Waals surface area contributed by atoms with Crippen LogP contribution in [0, 0.1) is 0 Å². The number of hydrogen-bond donors (Lipinski definition) is 4. The van der Waals surface area contributed by atoms with E-state index in [-0.39, 0.29) is 11.8 Å². The van der Waals surface area contributed by atoms with E-state index in [4.69, 9.17) is 49.0 Å². The average Bonchev–Trinajstić information content (AvgIpc) is 2.80. The molecule has 0 spiro atoms. The third-order valence-corrected chi connectivity index (χ3v) is 6.22. The maximum absolute atomic E-state index is 10.4. The fourth-order valence-electron chi connectivity index (χ4n) is 2.53. The van der Waals surface area contributed by atoms with Gasteiger partial charge in [-0.1, -0.05) is 15.9 Å². The molecule has 4 N–H and O–H groups in total. The highest BCUT2D eigenvalue weighted by molar-refractivity contribution is 9.09. The zero-order valence-corrected chi connectivity index (χ0v) is 15.6. The minimum absolute atomic E-state index is 0.0781. The lowest BCUT2D eigenvalue weighted by Crippen LogP contribution is -2.61. The largest absolute Gasteiger partial charge is 0.394 e. The summed E-state index contributed by atoms with van der Waals surface area (Å²) in [5, 5.41) is 38.6. The van der Waals surface area contributed by atoms with E-state index < -0.39 is 59.4 Å². The highest BCUT2D eigenvalue weighted by Gasteiger charge is 2.57. The van der Waals surface area contributed by atoms with Crippen LogP contribution in [-0.2, 0) is 14.2 Å². The van der Waals surface area contributed by atoms with Crippen LogP contribution in [0.25, 0.3) is 0 Å². The van der Waals surface area contributed by atoms with Crippen LogP contribution in [-0.4, -0.2) is 91.6 Å². The van der Waals surface area contributed by atoms with Crippen molar-refractivity contribution in [3.05, 3.63) is 0 Å². The van der Waals surface area contributed by atoms with Gasteiger partial charge in [0.15, 0.2) is 6.29 Å². The lowest BCUT2D eigenvalue weighted by atomic mass is 10.0. The van der Waals surface area contributed by atoms with Crippen molar-refractivity contribution in [2.24, 2.45) is 0 Å². The van der Waals surface area contributed by atoms with Gasteiger partial charge in [-0.2, -0.15) is 0 Å². The van der Waals surface area contributed by atoms with E-state index in [1.54, 1.807) is 0 Å². The SMILES string of the molecule is OC[C@H]1OC(OC2(CCl)O[C@H](CCl)[C@@H](Br)[C@@H]2O)[C@H](O)[C@@H](O)[C@H]1Cl. The summed E-state index contributed by atoms with van der Waals surface area (Å²) in [5.41, 5.74) is 0. The Labute approximate surface area is 156 Å². The Morgan fingerprint density at radius 3 is 2.26 bits per heavy atom. The predicted molar refractivity (Wildman–Crippen MR) is 86.3 cm³/mol. The number of aliphatic hydroxyl groups is 4. The normalized spacial score (nSPS) is 51.1. The molecule has 2 saturated heterocycles. The molecule has 7 nitrogen and oxygen atoms in total. The van der Waals surface area contributed by atoms with Gasteiger partial charge in [-0.15, -0.1) is 34.8 Å². The zero-order chi connectivity index (χ0) is 17.4. The second-order valence-electron chi connectivity index (χ2n) is 5.41. The molecule has 0 radical (unpaired) electrons. The first-order valence-electron chi connectivity index (χ1n) is 6.87. The number of ether oxygens (including phenoxy) is 3. The fourth-order valence-corrected chi connectivity index (χ4v) is 4.27. The van der Waals surface area contributed by atoms with E-state index in [1.165, 1.54) is 0 Å². The zero-order valence-electron chi connectivity index (χ0n) is 11.8. The van der Waals surface area contributed by atoms with Crippen molar-refractivity contribution >= 4 is 50.7 Å². The Bertz CT molecular complexity index is 407. The summed E-state index contributed by atoms with van der Waals surface area (Å²) in [4.78, 5) is -0.543. The molecule has 2 fully saturated rings. The number of hydrogen-bond acceptors (Lipinski definition) is 7. The number of aliphatic hydroxyl groups excluding tert-OH is 4. The molecule has 0 aromatic rings. The first-order chi connectivity index (χ1) is 10.8. The molecule has 2 aliphatic rings. The van der Waals surface area contributed by atoms with Gasteiger partial charge in [0.2, 0.25) is 5.79 Å². The van der Waals surface area contributed by atoms with Gasteiger partial charge in [-0.3, -0.25) is 0 Å². The van der Waals surface area contributed by atoms with Crippen LogP contribution in [0.1, 0.15) is 0 Å². The standard InChI is InChI=1S/C12H18BrCl3O7/c13-6-4(1-14)22-12(3-15,10(6)20)23-11-9(19)8(18)7(16)5(2-17)21-11/h4-11,17-20H,1-3H2/t4-,5-,6-,7+,8+,9-,10+,11?,12?/m1/s1. The molecule has 2 unspecified atom stereocenters. The third-order valence-electron chi connectivity index (χ3n) is 3.91. The number of rotatable bonds is 5. The van der Waals surface area contributed by atoms with Crippen molar-refractivity contribution in [1.82, 2.24) is 0 Å². The van der Waals surface area contributed by atoms with E-state index >= 15 is 0 Å². The molecule has 2 heterocycles. The van der Waals surface area contributed by atoms with Gasteiger partial charge in [-0.25, -0.2) is 0 Å². The molecule has 136 valence electrons. The predicted octanol–water partition coefficient (Wildman–Crippen LogP) is -0.254. The molecular weight excluding hydrogens is 442 g/mol. The minimum Gasteiger partial charge on any atom is -0.394 e. The summed E-state index contributed by atoms with van der Waals surface area (Å²) >= 11 is 20.8. The summed E-state index contributed by atoms with van der Waals surface area (Å²) in [5.74, 6) is -1.89. The summed E-state index contributed by atoms with van der Waals surface area (Å²) in [7, 11) is 0. The summed E-state index contributed by atoms with van der Waals surface area (Å²) in [6, 6.07) is 0. The first kappa shape index (κ1) is 20.4. The summed E-state index contributed by atoms with van der Waals surface area (Å²) in [6.45, 7) is -0.486. The Kier molecular flexibility index (Phi) is 7.25. The molecule has 0 amide bonds. The molecule has 0 aromatic carbocycles. The lowest BCUT2D eigenvalue weighted by molar-refractivity contribution is -0.357. The van der Waals surface area contributed by atoms with Gasteiger partial charge in [0.05, 0.1) is 28.8 Å². The molecule has 0 saturated carbocycles. The molecule has 9 atom stereocenters. The van der Waals surface area contributed by atoms with Crippen molar-refractivity contribution < 1.29 is 34.6 Å². The molecular formula is C12H18BrCl3O7. The van der Waals surface area contributed by atoms with Crippen molar-refractivity contribution in [1.29, 1.82) is 0 Å². The molecule has 23 heavy (non-hydrogen) atoms. The van der Waals surface area contributed by atoms with E-state index in [1.807, 2.05) is 0 Å². The van der Waals surface area contributed by atoms with Crippen molar-refractivity contribution in [2.75, 3.05) is 18.4 Å². The molecule has 0 bridgehead atoms. The Balaban J connectivity index is 2.18. The van der Waals surface area contributed by atoms with Crippen molar-refractivity contribution in [3.63, 3.8) is 0 Å². The van der Waals surface area contributed by atoms with E-state index in [2.05, 4.69) is 15.9 Å². The highest BCUT2D eigenvalue weighted by Crippen LogP contribution is 2.40. The van der Waals surface area contributed by atoms with Crippen LogP contribution in [0.3, 0.4) is 0 Å². The molecule has 0 aliphatic carbocycles. The maximum atomic E-state index is 10.4. The second-order valence-corrected chi connectivity index (χ2v) is 7.55. The number of alkyl halides is 4. The molecule has 11 heteroatoms. The van der Waals surface area contributed by atoms with Crippen LogP contribution in [0.15, 0.2) is 0 Å². The van der Waals surface area contributed by atoms with Gasteiger partial charge in [0.25, 0.3) is 0 Å². The van der Waals surface area contributed by atoms with E-state index in [0.29, 0.717) is 0 Å². The Hall–Kier alpha value is 1.07. The van der Waals surface area contributed by atoms with E-state index in [9.17, 15) is 20.4 Å². The second kappa shape index (κ2) is 8.18. The van der Waals surface area contributed by atoms with Crippen LogP contribution < -0.4 is 0 Å². The van der Waals surface area contributed by atoms with Crippen LogP contribution in [0.4, 0.5) is 0 Å². The topological polar surface area (TPSA) is 109 Å². The molecule has 2 rings (SSSR count). The van der Waals surface area contributed by atoms with Crippen LogP contribution >= 0.6 is 50.7 Å². The smallest absolute Gasteiger partial charge is 0.212 e. The van der Waals surface area contributed by atoms with Gasteiger partial charge in [0.1, 0.15) is 24.4 Å². The Morgan fingerprint density at radius 1 is 1.13 bits per heavy atom. The number of halogens is 4. The minimum atomic E-state index is -1.69. The van der Waals surface area contributed by atoms with Crippen molar-refractivity contribution in [3.8, 4) is 0 Å². The lowest BCUT2D eigenvalue weighted by Gasteiger charge is -2.43. The summed E-state index contributed by atoms with van der Waals surface area (Å²) < 4.78 is 16.5. The van der Waals surface area contributed by atoms with E-state index in [0.717, 1.165) is 0 Å². The Morgan fingerprint density at radius 2 is 1.78 bits per heavy atom. The first-order valence-corrected chi connectivity index (χ1v) is 9.29. The van der Waals surface area contributed by atoms with Gasteiger partial charge < -0.3 is 34.6 Å². The van der Waals surface area contributed by atoms with Gasteiger partial charge in [0, 0.05) is 5.88 Å². The van der Waals surface area contributed by atoms with Gasteiger partial charge in [-0.05, 0) is 0 Å². The molecule has 2 aliphatic heterocycles. The highest BCUT2D eigenvalue weighted by atomic mass is 79.9. The van der Waals surface area contributed by atoms with Crippen LogP contribution in [0.2, 0.25) is 0 Å². The van der Waals surface area contributed by atoms with Crippen LogP contribution in [0.5, 0.6) is 0 Å². The monoisotopic (exact) mass is 458 g/mol. The fraction of sp³-hybridized carbons (Fsp3) is 1.00. The quantitative estimate of drug-likeness (QED) is 0.419. The summed E-state index contributed by atoms with van der Waals surface area (Å²) in [6.07, 6.45) is -7.06. The maximum Gasteiger partial charge on any atom is 0.212 e. The van der Waals surface area contributed by atoms with Crippen molar-refractivity contribution in [2.45, 2.75) is 52.8 Å². The molecule has 0 aromatic heterocycles. The average molecular weight is 461 g/mol. The van der Waals surface area contributed by atoms with Gasteiger partial charge >= 0.3 is 0 Å².